The summed E-state index contributed by atoms with van der Waals surface area (Å²) in [5.74, 6) is 0. The predicted octanol–water partition coefficient (Wildman–Crippen LogP) is 3.90. The molecule has 1 aliphatic rings. The van der Waals surface area contributed by atoms with Gasteiger partial charge in [0.1, 0.15) is 0 Å². The van der Waals surface area contributed by atoms with Gasteiger partial charge in [-0.05, 0) is 48.8 Å². The Hall–Kier alpha value is -1.24. The molecule has 0 radical (unpaired) electrons. The van der Waals surface area contributed by atoms with E-state index in [0.717, 1.165) is 0 Å². The van der Waals surface area contributed by atoms with Crippen molar-refractivity contribution in [1.82, 2.24) is 4.98 Å². The van der Waals surface area contributed by atoms with Gasteiger partial charge in [-0.15, -0.1) is 0 Å². The number of H-pyrrole nitrogens is 1. The maximum absolute atomic E-state index is 3.27. The number of hydrogen-bond donors (Lipinski definition) is 1. The van der Waals surface area contributed by atoms with E-state index in [9.17, 15) is 0 Å². The molecule has 1 aromatic carbocycles. The van der Waals surface area contributed by atoms with Gasteiger partial charge >= 0.3 is 0 Å². The monoisotopic (exact) mass is 199 g/mol. The third-order valence-corrected chi connectivity index (χ3v) is 3.79. The summed E-state index contributed by atoms with van der Waals surface area (Å²) in [5.41, 5.74) is 3.44. The van der Waals surface area contributed by atoms with Crippen molar-refractivity contribution in [2.45, 2.75) is 32.6 Å². The Kier molecular flexibility index (Phi) is 1.88. The molecule has 15 heavy (non-hydrogen) atoms. The van der Waals surface area contributed by atoms with Gasteiger partial charge in [0, 0.05) is 17.1 Å². The van der Waals surface area contributed by atoms with E-state index in [-0.39, 0.29) is 0 Å². The third kappa shape index (κ3) is 1.67. The highest BCUT2D eigenvalue weighted by atomic mass is 14.7. The molecule has 1 saturated carbocycles. The van der Waals surface area contributed by atoms with Crippen LogP contribution in [-0.2, 0) is 6.42 Å². The lowest BCUT2D eigenvalue weighted by atomic mass is 9.97. The van der Waals surface area contributed by atoms with Crippen LogP contribution in [-0.4, -0.2) is 4.98 Å². The van der Waals surface area contributed by atoms with E-state index in [1.165, 1.54) is 42.1 Å². The molecule has 1 heteroatoms. The van der Waals surface area contributed by atoms with Crippen molar-refractivity contribution < 1.29 is 0 Å². The van der Waals surface area contributed by atoms with Gasteiger partial charge in [-0.2, -0.15) is 0 Å². The molecule has 0 atom stereocenters. The zero-order chi connectivity index (χ0) is 10.3. The maximum Gasteiger partial charge on any atom is 0.0456 e. The van der Waals surface area contributed by atoms with Crippen molar-refractivity contribution in [2.75, 3.05) is 0 Å². The van der Waals surface area contributed by atoms with Gasteiger partial charge < -0.3 is 4.98 Å². The van der Waals surface area contributed by atoms with E-state index in [0.29, 0.717) is 5.41 Å². The van der Waals surface area contributed by atoms with Crippen molar-refractivity contribution in [1.29, 1.82) is 0 Å². The number of nitrogens with one attached hydrogen (secondary N) is 1. The average Bonchev–Trinajstić information content (AvgIpc) is 2.80. The zero-order valence-corrected chi connectivity index (χ0v) is 9.22. The Balaban J connectivity index is 1.86. The molecular weight excluding hydrogens is 182 g/mol. The lowest BCUT2D eigenvalue weighted by Crippen LogP contribution is -1.96. The molecule has 0 spiro atoms. The van der Waals surface area contributed by atoms with E-state index in [2.05, 4.69) is 36.2 Å². The molecule has 1 nitrogen and oxygen atoms in total. The smallest absolute Gasteiger partial charge is 0.0456 e. The highest BCUT2D eigenvalue weighted by Crippen LogP contribution is 2.48. The molecule has 1 aliphatic carbocycles. The van der Waals surface area contributed by atoms with Gasteiger partial charge in [0.25, 0.3) is 0 Å². The van der Waals surface area contributed by atoms with Crippen LogP contribution in [0.15, 0.2) is 30.5 Å². The van der Waals surface area contributed by atoms with Crippen molar-refractivity contribution in [2.24, 2.45) is 5.41 Å². The second-order valence-electron chi connectivity index (χ2n) is 5.17. The van der Waals surface area contributed by atoms with Gasteiger partial charge in [0.15, 0.2) is 0 Å². The molecular formula is C14H17N. The Morgan fingerprint density at radius 1 is 1.27 bits per heavy atom. The average molecular weight is 199 g/mol. The van der Waals surface area contributed by atoms with Crippen molar-refractivity contribution in [3.63, 3.8) is 0 Å². The van der Waals surface area contributed by atoms with Crippen LogP contribution in [0.1, 0.15) is 31.7 Å². The highest BCUT2D eigenvalue weighted by Gasteiger charge is 2.36. The molecule has 2 aromatic rings. The zero-order valence-electron chi connectivity index (χ0n) is 9.22. The van der Waals surface area contributed by atoms with E-state index in [4.69, 9.17) is 0 Å². The SMILES string of the molecule is CC1(CCc2cccc3[nH]ccc23)CC1. The molecule has 0 amide bonds. The Morgan fingerprint density at radius 2 is 2.13 bits per heavy atom. The fourth-order valence-corrected chi connectivity index (χ4v) is 2.27. The van der Waals surface area contributed by atoms with Crippen LogP contribution in [0.4, 0.5) is 0 Å². The van der Waals surface area contributed by atoms with Gasteiger partial charge in [0.2, 0.25) is 0 Å². The summed E-state index contributed by atoms with van der Waals surface area (Å²) in [6.07, 6.45) is 7.46. The Labute approximate surface area is 90.5 Å². The predicted molar refractivity (Wildman–Crippen MR) is 64.0 cm³/mol. The fourth-order valence-electron chi connectivity index (χ4n) is 2.27. The summed E-state index contributed by atoms with van der Waals surface area (Å²) >= 11 is 0. The number of aromatic nitrogens is 1. The summed E-state index contributed by atoms with van der Waals surface area (Å²) < 4.78 is 0. The third-order valence-electron chi connectivity index (χ3n) is 3.79. The second kappa shape index (κ2) is 3.13. The Morgan fingerprint density at radius 3 is 2.93 bits per heavy atom. The molecule has 0 aliphatic heterocycles. The standard InChI is InChI=1S/C14H17N/c1-14(8-9-14)7-5-11-3-2-4-13-12(11)6-10-15-13/h2-4,6,10,15H,5,7-9H2,1H3. The quantitative estimate of drug-likeness (QED) is 0.771. The molecule has 1 N–H and O–H groups in total. The lowest BCUT2D eigenvalue weighted by Gasteiger charge is -2.08. The minimum Gasteiger partial charge on any atom is -0.361 e. The lowest BCUT2D eigenvalue weighted by molar-refractivity contribution is 0.519. The number of rotatable bonds is 3. The van der Waals surface area contributed by atoms with Crippen molar-refractivity contribution >= 4 is 10.9 Å². The van der Waals surface area contributed by atoms with Crippen molar-refractivity contribution in [3.8, 4) is 0 Å². The number of aryl methyl sites for hydroxylation is 1. The van der Waals surface area contributed by atoms with Crippen LogP contribution in [0.3, 0.4) is 0 Å². The minimum atomic E-state index is 0.665. The fraction of sp³-hybridized carbons (Fsp3) is 0.429. The van der Waals surface area contributed by atoms with E-state index < -0.39 is 0 Å². The van der Waals surface area contributed by atoms with Crippen LogP contribution in [0.2, 0.25) is 0 Å². The summed E-state index contributed by atoms with van der Waals surface area (Å²) in [6.45, 7) is 2.41. The largest absolute Gasteiger partial charge is 0.361 e. The van der Waals surface area contributed by atoms with Crippen LogP contribution >= 0.6 is 0 Å². The molecule has 0 bridgehead atoms. The van der Waals surface area contributed by atoms with Crippen LogP contribution < -0.4 is 0 Å². The van der Waals surface area contributed by atoms with Crippen molar-refractivity contribution in [3.05, 3.63) is 36.0 Å². The molecule has 1 heterocycles. The second-order valence-corrected chi connectivity index (χ2v) is 5.17. The topological polar surface area (TPSA) is 15.8 Å². The summed E-state index contributed by atoms with van der Waals surface area (Å²) in [4.78, 5) is 3.27. The number of fused-ring (bicyclic) bond motifs is 1. The molecule has 3 rings (SSSR count). The molecule has 1 fully saturated rings. The Bertz CT molecular complexity index is 477. The molecule has 0 unspecified atom stereocenters. The van der Waals surface area contributed by atoms with Crippen LogP contribution in [0.25, 0.3) is 10.9 Å². The van der Waals surface area contributed by atoms with Gasteiger partial charge in [-0.3, -0.25) is 0 Å². The summed E-state index contributed by atoms with van der Waals surface area (Å²) in [5, 5.41) is 1.40. The number of benzene rings is 1. The number of hydrogen-bond acceptors (Lipinski definition) is 0. The van der Waals surface area contributed by atoms with Gasteiger partial charge in [-0.1, -0.05) is 19.1 Å². The highest BCUT2D eigenvalue weighted by molar-refractivity contribution is 5.82. The van der Waals surface area contributed by atoms with E-state index >= 15 is 0 Å². The first-order chi connectivity index (χ1) is 7.27. The normalized spacial score (nSPS) is 18.2. The maximum atomic E-state index is 3.27. The van der Waals surface area contributed by atoms with E-state index in [1.54, 1.807) is 0 Å². The first-order valence-electron chi connectivity index (χ1n) is 5.82. The van der Waals surface area contributed by atoms with Crippen LogP contribution in [0.5, 0.6) is 0 Å². The molecule has 0 saturated heterocycles. The first-order valence-corrected chi connectivity index (χ1v) is 5.82. The van der Waals surface area contributed by atoms with Gasteiger partial charge in [-0.25, -0.2) is 0 Å². The molecule has 1 aromatic heterocycles. The minimum absolute atomic E-state index is 0.665. The van der Waals surface area contributed by atoms with E-state index in [1.807, 2.05) is 6.20 Å². The summed E-state index contributed by atoms with van der Waals surface area (Å²) in [7, 11) is 0. The summed E-state index contributed by atoms with van der Waals surface area (Å²) in [6, 6.07) is 8.77. The van der Waals surface area contributed by atoms with Crippen LogP contribution in [0, 0.1) is 5.41 Å². The molecule has 78 valence electrons. The first kappa shape index (κ1) is 9.02. The number of aromatic amines is 1. The van der Waals surface area contributed by atoms with Gasteiger partial charge in [0.05, 0.1) is 0 Å².